The first kappa shape index (κ1) is 8.52. The Hall–Kier alpha value is -0.0800. The molecular formula is C10H19NO. The maximum Gasteiger partial charge on any atom is 0.0468 e. The van der Waals surface area contributed by atoms with Gasteiger partial charge >= 0.3 is 0 Å². The van der Waals surface area contributed by atoms with Gasteiger partial charge in [-0.2, -0.15) is 0 Å². The Balaban J connectivity index is 1.72. The molecule has 0 aromatic heterocycles. The molecule has 0 radical (unpaired) electrons. The molecule has 2 aliphatic rings. The van der Waals surface area contributed by atoms with Crippen molar-refractivity contribution >= 4 is 0 Å². The summed E-state index contributed by atoms with van der Waals surface area (Å²) in [6.45, 7) is 2.87. The quantitative estimate of drug-likeness (QED) is 0.693. The lowest BCUT2D eigenvalue weighted by atomic mass is 9.93. The fourth-order valence-corrected chi connectivity index (χ4v) is 2.54. The van der Waals surface area contributed by atoms with Gasteiger partial charge in [-0.1, -0.05) is 0 Å². The van der Waals surface area contributed by atoms with Gasteiger partial charge in [0, 0.05) is 13.2 Å². The molecule has 2 N–H and O–H groups in total. The SMILES string of the molecule is NCCC1CC1C1CCOCC1. The predicted molar refractivity (Wildman–Crippen MR) is 48.8 cm³/mol. The standard InChI is InChI=1S/C10H19NO/c11-4-1-9-7-10(9)8-2-5-12-6-3-8/h8-10H,1-7,11H2. The molecule has 2 unspecified atom stereocenters. The zero-order valence-corrected chi connectivity index (χ0v) is 7.67. The summed E-state index contributed by atoms with van der Waals surface area (Å²) in [7, 11) is 0. The monoisotopic (exact) mass is 169 g/mol. The van der Waals surface area contributed by atoms with E-state index in [1.807, 2.05) is 0 Å². The van der Waals surface area contributed by atoms with Crippen LogP contribution >= 0.6 is 0 Å². The molecule has 2 atom stereocenters. The second-order valence-electron chi connectivity index (χ2n) is 4.19. The predicted octanol–water partition coefficient (Wildman–Crippen LogP) is 1.40. The number of rotatable bonds is 3. The van der Waals surface area contributed by atoms with Gasteiger partial charge in [-0.25, -0.2) is 0 Å². The van der Waals surface area contributed by atoms with E-state index in [9.17, 15) is 0 Å². The van der Waals surface area contributed by atoms with E-state index in [0.29, 0.717) is 0 Å². The Kier molecular flexibility index (Phi) is 2.66. The van der Waals surface area contributed by atoms with Crippen LogP contribution in [0.15, 0.2) is 0 Å². The van der Waals surface area contributed by atoms with Crippen molar-refractivity contribution in [2.24, 2.45) is 23.5 Å². The second kappa shape index (κ2) is 3.75. The summed E-state index contributed by atoms with van der Waals surface area (Å²) >= 11 is 0. The molecule has 1 saturated carbocycles. The third kappa shape index (κ3) is 1.80. The van der Waals surface area contributed by atoms with Gasteiger partial charge in [0.2, 0.25) is 0 Å². The van der Waals surface area contributed by atoms with Crippen LogP contribution in [0.25, 0.3) is 0 Å². The van der Waals surface area contributed by atoms with E-state index in [1.165, 1.54) is 25.7 Å². The number of nitrogens with two attached hydrogens (primary N) is 1. The van der Waals surface area contributed by atoms with Crippen LogP contribution in [-0.2, 0) is 4.74 Å². The summed E-state index contributed by atoms with van der Waals surface area (Å²) in [6, 6.07) is 0. The van der Waals surface area contributed by atoms with Crippen molar-refractivity contribution in [1.82, 2.24) is 0 Å². The van der Waals surface area contributed by atoms with E-state index in [0.717, 1.165) is 37.5 Å². The molecule has 0 spiro atoms. The van der Waals surface area contributed by atoms with Gasteiger partial charge in [0.25, 0.3) is 0 Å². The number of ether oxygens (including phenoxy) is 1. The van der Waals surface area contributed by atoms with Gasteiger partial charge in [-0.15, -0.1) is 0 Å². The smallest absolute Gasteiger partial charge is 0.0468 e. The maximum absolute atomic E-state index is 5.54. The molecule has 2 nitrogen and oxygen atoms in total. The van der Waals surface area contributed by atoms with E-state index >= 15 is 0 Å². The Morgan fingerprint density at radius 2 is 2.00 bits per heavy atom. The molecule has 2 fully saturated rings. The molecule has 1 aliphatic carbocycles. The van der Waals surface area contributed by atoms with Crippen LogP contribution in [0.4, 0.5) is 0 Å². The summed E-state index contributed by atoms with van der Waals surface area (Å²) in [4.78, 5) is 0. The topological polar surface area (TPSA) is 35.2 Å². The molecule has 0 aromatic carbocycles. The average Bonchev–Trinajstić information content (AvgIpc) is 2.87. The highest BCUT2D eigenvalue weighted by molar-refractivity contribution is 4.91. The van der Waals surface area contributed by atoms with Gasteiger partial charge < -0.3 is 10.5 Å². The first-order valence-electron chi connectivity index (χ1n) is 5.19. The summed E-state index contributed by atoms with van der Waals surface area (Å²) in [6.07, 6.45) is 5.29. The zero-order valence-electron chi connectivity index (χ0n) is 7.67. The fraction of sp³-hybridized carbons (Fsp3) is 1.00. The molecular weight excluding hydrogens is 150 g/mol. The normalized spacial score (nSPS) is 36.8. The van der Waals surface area contributed by atoms with Crippen LogP contribution in [0.1, 0.15) is 25.7 Å². The zero-order chi connectivity index (χ0) is 8.39. The Labute approximate surface area is 74.5 Å². The van der Waals surface area contributed by atoms with E-state index in [-0.39, 0.29) is 0 Å². The van der Waals surface area contributed by atoms with Gasteiger partial charge in [0.15, 0.2) is 0 Å². The number of hydrogen-bond donors (Lipinski definition) is 1. The van der Waals surface area contributed by atoms with Crippen LogP contribution in [-0.4, -0.2) is 19.8 Å². The fourth-order valence-electron chi connectivity index (χ4n) is 2.54. The minimum Gasteiger partial charge on any atom is -0.381 e. The molecule has 0 aromatic rings. The number of hydrogen-bond acceptors (Lipinski definition) is 2. The van der Waals surface area contributed by atoms with Crippen molar-refractivity contribution in [3.05, 3.63) is 0 Å². The largest absolute Gasteiger partial charge is 0.381 e. The highest BCUT2D eigenvalue weighted by Crippen LogP contribution is 2.49. The van der Waals surface area contributed by atoms with Crippen LogP contribution in [0.3, 0.4) is 0 Å². The van der Waals surface area contributed by atoms with Crippen molar-refractivity contribution in [1.29, 1.82) is 0 Å². The van der Waals surface area contributed by atoms with Crippen LogP contribution in [0.5, 0.6) is 0 Å². The second-order valence-corrected chi connectivity index (χ2v) is 4.19. The van der Waals surface area contributed by atoms with Crippen molar-refractivity contribution < 1.29 is 4.74 Å². The lowest BCUT2D eigenvalue weighted by Gasteiger charge is -2.22. The molecule has 1 saturated heterocycles. The Bertz CT molecular complexity index is 143. The van der Waals surface area contributed by atoms with Crippen LogP contribution < -0.4 is 5.73 Å². The van der Waals surface area contributed by atoms with Crippen molar-refractivity contribution in [3.63, 3.8) is 0 Å². The van der Waals surface area contributed by atoms with Crippen LogP contribution in [0, 0.1) is 17.8 Å². The summed E-state index contributed by atoms with van der Waals surface area (Å²) in [5, 5.41) is 0. The minimum absolute atomic E-state index is 0.879. The molecule has 1 aliphatic heterocycles. The Morgan fingerprint density at radius 3 is 2.67 bits per heavy atom. The van der Waals surface area contributed by atoms with Gasteiger partial charge in [0.1, 0.15) is 0 Å². The van der Waals surface area contributed by atoms with Gasteiger partial charge in [-0.05, 0) is 50.0 Å². The molecule has 2 heteroatoms. The van der Waals surface area contributed by atoms with Gasteiger partial charge in [0.05, 0.1) is 0 Å². The lowest BCUT2D eigenvalue weighted by Crippen LogP contribution is -2.18. The summed E-state index contributed by atoms with van der Waals surface area (Å²) in [5.41, 5.74) is 5.54. The molecule has 1 heterocycles. The summed E-state index contributed by atoms with van der Waals surface area (Å²) < 4.78 is 5.35. The molecule has 0 amide bonds. The highest BCUT2D eigenvalue weighted by atomic mass is 16.5. The molecule has 70 valence electrons. The van der Waals surface area contributed by atoms with Gasteiger partial charge in [-0.3, -0.25) is 0 Å². The van der Waals surface area contributed by atoms with E-state index in [1.54, 1.807) is 0 Å². The van der Waals surface area contributed by atoms with E-state index in [4.69, 9.17) is 10.5 Å². The molecule has 12 heavy (non-hydrogen) atoms. The van der Waals surface area contributed by atoms with Crippen molar-refractivity contribution in [2.75, 3.05) is 19.8 Å². The maximum atomic E-state index is 5.54. The minimum atomic E-state index is 0.879. The summed E-state index contributed by atoms with van der Waals surface area (Å²) in [5.74, 6) is 2.95. The highest BCUT2D eigenvalue weighted by Gasteiger charge is 2.41. The van der Waals surface area contributed by atoms with Crippen molar-refractivity contribution in [3.8, 4) is 0 Å². The average molecular weight is 169 g/mol. The molecule has 0 bridgehead atoms. The van der Waals surface area contributed by atoms with Crippen molar-refractivity contribution in [2.45, 2.75) is 25.7 Å². The molecule has 2 rings (SSSR count). The third-order valence-corrected chi connectivity index (χ3v) is 3.39. The lowest BCUT2D eigenvalue weighted by molar-refractivity contribution is 0.0580. The van der Waals surface area contributed by atoms with Crippen LogP contribution in [0.2, 0.25) is 0 Å². The first-order chi connectivity index (χ1) is 5.92. The Morgan fingerprint density at radius 1 is 1.25 bits per heavy atom. The van der Waals surface area contributed by atoms with E-state index in [2.05, 4.69) is 0 Å². The first-order valence-corrected chi connectivity index (χ1v) is 5.19. The third-order valence-electron chi connectivity index (χ3n) is 3.39. The van der Waals surface area contributed by atoms with E-state index < -0.39 is 0 Å².